The van der Waals surface area contributed by atoms with Gasteiger partial charge in [0.15, 0.2) is 0 Å². The molecule has 0 aliphatic heterocycles. The summed E-state index contributed by atoms with van der Waals surface area (Å²) in [4.78, 5) is 12.0. The zero-order chi connectivity index (χ0) is 45.0. The molecule has 63 heavy (non-hydrogen) atoms. The number of phenolic OH excluding ortho intramolecular Hbond substituents is 3. The van der Waals surface area contributed by atoms with E-state index in [1.54, 1.807) is 0 Å². The summed E-state index contributed by atoms with van der Waals surface area (Å²) in [6, 6.07) is 17.4. The standard InChI is InChI=1S/C57H78O6/c1-6-11-15-19-23-41-29-45-37-47-31-42(24-20-16-12-7-2)33-49(55(47)60)39-51-35-44(26-22-18-14-9-4)36-52(57(51)63-28-27-62-53(58)10-5)40-50-34-43(25-21-17-13-8-3)32-48(56(50)61)38-46(30-41)54(45)59/h10,29-36,59-61H,5-9,11-28,37-40H2,1-4H3. The summed E-state index contributed by atoms with van der Waals surface area (Å²) < 4.78 is 12.1. The van der Waals surface area contributed by atoms with Gasteiger partial charge in [0.2, 0.25) is 0 Å². The summed E-state index contributed by atoms with van der Waals surface area (Å²) in [5.74, 6) is 0.959. The fourth-order valence-corrected chi connectivity index (χ4v) is 9.35. The molecule has 5 rings (SSSR count). The fourth-order valence-electron chi connectivity index (χ4n) is 9.35. The molecule has 4 aromatic carbocycles. The molecule has 8 bridgehead atoms. The van der Waals surface area contributed by atoms with Gasteiger partial charge < -0.3 is 24.8 Å². The molecule has 6 nitrogen and oxygen atoms in total. The molecule has 0 fully saturated rings. The van der Waals surface area contributed by atoms with Gasteiger partial charge in [0.1, 0.15) is 36.2 Å². The predicted molar refractivity (Wildman–Crippen MR) is 260 cm³/mol. The summed E-state index contributed by atoms with van der Waals surface area (Å²) >= 11 is 0. The van der Waals surface area contributed by atoms with Crippen LogP contribution in [0.25, 0.3) is 0 Å². The highest BCUT2D eigenvalue weighted by Crippen LogP contribution is 2.40. The summed E-state index contributed by atoms with van der Waals surface area (Å²) in [7, 11) is 0. The Balaban J connectivity index is 1.74. The molecule has 0 unspecified atom stereocenters. The smallest absolute Gasteiger partial charge is 0.330 e. The average Bonchev–Trinajstić information content (AvgIpc) is 3.27. The maximum atomic E-state index is 12.3. The second-order valence-electron chi connectivity index (χ2n) is 18.2. The van der Waals surface area contributed by atoms with Crippen molar-refractivity contribution in [3.8, 4) is 23.0 Å². The van der Waals surface area contributed by atoms with Gasteiger partial charge in [0.25, 0.3) is 0 Å². The maximum absolute atomic E-state index is 12.3. The Labute approximate surface area is 380 Å². The van der Waals surface area contributed by atoms with E-state index in [0.717, 1.165) is 147 Å². The first-order valence-electron chi connectivity index (χ1n) is 24.7. The van der Waals surface area contributed by atoms with Gasteiger partial charge in [0.05, 0.1) is 0 Å². The first-order chi connectivity index (χ1) is 30.7. The van der Waals surface area contributed by atoms with Crippen LogP contribution >= 0.6 is 0 Å². The van der Waals surface area contributed by atoms with Crippen molar-refractivity contribution in [2.45, 2.75) is 182 Å². The Bertz CT molecular complexity index is 1960. The zero-order valence-electron chi connectivity index (χ0n) is 39.4. The number of hydrogen-bond acceptors (Lipinski definition) is 6. The molecule has 6 heteroatoms. The summed E-state index contributed by atoms with van der Waals surface area (Å²) in [6.07, 6.45) is 24.7. The Morgan fingerprint density at radius 2 is 0.746 bits per heavy atom. The molecule has 0 atom stereocenters. The first-order valence-corrected chi connectivity index (χ1v) is 24.7. The number of carbonyl (C=O) groups is 1. The van der Waals surface area contributed by atoms with E-state index in [0.29, 0.717) is 31.4 Å². The van der Waals surface area contributed by atoms with Crippen LogP contribution in [0.15, 0.2) is 61.2 Å². The number of phenols is 3. The highest BCUT2D eigenvalue weighted by molar-refractivity contribution is 5.81. The molecule has 1 aliphatic rings. The minimum atomic E-state index is -0.496. The zero-order valence-corrected chi connectivity index (χ0v) is 39.4. The third kappa shape index (κ3) is 14.9. The Kier molecular flexibility index (Phi) is 20.5. The van der Waals surface area contributed by atoms with Crippen LogP contribution in [-0.2, 0) is 60.9 Å². The Morgan fingerprint density at radius 3 is 1.03 bits per heavy atom. The average molecular weight is 859 g/mol. The third-order valence-electron chi connectivity index (χ3n) is 12.8. The lowest BCUT2D eigenvalue weighted by Gasteiger charge is -2.22. The number of unbranched alkanes of at least 4 members (excludes halogenated alkanes) is 12. The first kappa shape index (κ1) is 49.3. The van der Waals surface area contributed by atoms with E-state index < -0.39 is 5.97 Å². The van der Waals surface area contributed by atoms with Crippen molar-refractivity contribution in [2.24, 2.45) is 0 Å². The molecule has 0 amide bonds. The largest absolute Gasteiger partial charge is 0.507 e. The van der Waals surface area contributed by atoms with Crippen molar-refractivity contribution >= 4 is 5.97 Å². The van der Waals surface area contributed by atoms with E-state index in [2.05, 4.69) is 82.8 Å². The van der Waals surface area contributed by atoms with Crippen molar-refractivity contribution in [2.75, 3.05) is 13.2 Å². The molecule has 0 radical (unpaired) electrons. The van der Waals surface area contributed by atoms with Crippen LogP contribution in [0.5, 0.6) is 23.0 Å². The number of rotatable bonds is 25. The van der Waals surface area contributed by atoms with Crippen molar-refractivity contribution in [1.29, 1.82) is 0 Å². The number of hydrogen-bond donors (Lipinski definition) is 3. The topological polar surface area (TPSA) is 96.2 Å². The lowest BCUT2D eigenvalue weighted by atomic mass is 9.87. The minimum Gasteiger partial charge on any atom is -0.507 e. The van der Waals surface area contributed by atoms with E-state index in [4.69, 9.17) is 9.47 Å². The summed E-state index contributed by atoms with van der Waals surface area (Å²) in [5, 5.41) is 36.9. The number of carbonyl (C=O) groups excluding carboxylic acids is 1. The van der Waals surface area contributed by atoms with Crippen LogP contribution < -0.4 is 4.74 Å². The van der Waals surface area contributed by atoms with Crippen molar-refractivity contribution in [3.63, 3.8) is 0 Å². The molecule has 0 aromatic heterocycles. The lowest BCUT2D eigenvalue weighted by molar-refractivity contribution is -0.138. The van der Waals surface area contributed by atoms with E-state index in [-0.39, 0.29) is 30.5 Å². The highest BCUT2D eigenvalue weighted by atomic mass is 16.6. The Morgan fingerprint density at radius 1 is 0.460 bits per heavy atom. The van der Waals surface area contributed by atoms with E-state index in [9.17, 15) is 20.1 Å². The molecule has 0 spiro atoms. The van der Waals surface area contributed by atoms with Crippen LogP contribution in [0.4, 0.5) is 0 Å². The van der Waals surface area contributed by atoms with E-state index in [1.165, 1.54) is 54.4 Å². The van der Waals surface area contributed by atoms with Gasteiger partial charge in [-0.05, 0) is 118 Å². The number of ether oxygens (including phenoxy) is 2. The molecule has 0 saturated carbocycles. The quantitative estimate of drug-likeness (QED) is 0.0307. The van der Waals surface area contributed by atoms with Gasteiger partial charge in [-0.3, -0.25) is 0 Å². The molecular weight excluding hydrogens is 781 g/mol. The number of esters is 1. The fraction of sp³-hybridized carbons (Fsp3) is 0.526. The normalized spacial score (nSPS) is 12.3. The summed E-state index contributed by atoms with van der Waals surface area (Å²) in [5.41, 5.74) is 11.6. The number of benzene rings is 4. The van der Waals surface area contributed by atoms with Crippen LogP contribution in [0.3, 0.4) is 0 Å². The van der Waals surface area contributed by atoms with Crippen molar-refractivity contribution in [1.82, 2.24) is 0 Å². The van der Waals surface area contributed by atoms with E-state index >= 15 is 0 Å². The van der Waals surface area contributed by atoms with Gasteiger partial charge in [-0.2, -0.15) is 0 Å². The van der Waals surface area contributed by atoms with Gasteiger partial charge in [0, 0.05) is 31.8 Å². The van der Waals surface area contributed by atoms with Crippen LogP contribution in [0.1, 0.15) is 197 Å². The number of aromatic hydroxyl groups is 3. The molecule has 1 aliphatic carbocycles. The molecule has 0 heterocycles. The monoisotopic (exact) mass is 859 g/mol. The Hall–Kier alpha value is -4.71. The SMILES string of the molecule is C=CC(=O)OCCOc1c2cc(CCCCCC)cc1Cc1cc(CCCCCC)cc(c1O)Cc1cc(CCCCCC)cc(c1O)Cc1cc(CCCCCC)cc(c1O)C2. The molecule has 342 valence electrons. The van der Waals surface area contributed by atoms with E-state index in [1.807, 2.05) is 0 Å². The van der Waals surface area contributed by atoms with Crippen molar-refractivity contribution < 1.29 is 29.6 Å². The maximum Gasteiger partial charge on any atom is 0.330 e. The van der Waals surface area contributed by atoms with Gasteiger partial charge in [-0.25, -0.2) is 4.79 Å². The predicted octanol–water partition coefficient (Wildman–Crippen LogP) is 14.1. The number of aryl methyl sites for hydroxylation is 4. The van der Waals surface area contributed by atoms with Crippen LogP contribution in [0, 0.1) is 0 Å². The van der Waals surface area contributed by atoms with Gasteiger partial charge in [-0.1, -0.05) is 160 Å². The second-order valence-corrected chi connectivity index (χ2v) is 18.2. The molecule has 3 N–H and O–H groups in total. The lowest BCUT2D eigenvalue weighted by Crippen LogP contribution is -2.13. The molecular formula is C57H78O6. The van der Waals surface area contributed by atoms with Gasteiger partial charge >= 0.3 is 5.97 Å². The van der Waals surface area contributed by atoms with Crippen molar-refractivity contribution in [3.05, 3.63) is 128 Å². The number of fused-ring (bicyclic) bond motifs is 8. The summed E-state index contributed by atoms with van der Waals surface area (Å²) in [6.45, 7) is 12.7. The molecule has 4 aromatic rings. The third-order valence-corrected chi connectivity index (χ3v) is 12.8. The molecule has 0 saturated heterocycles. The van der Waals surface area contributed by atoms with Crippen LogP contribution in [0.2, 0.25) is 0 Å². The van der Waals surface area contributed by atoms with Crippen LogP contribution in [-0.4, -0.2) is 34.5 Å². The highest BCUT2D eigenvalue weighted by Gasteiger charge is 2.23. The minimum absolute atomic E-state index is 0.0651. The van der Waals surface area contributed by atoms with Gasteiger partial charge in [-0.15, -0.1) is 0 Å². The second kappa shape index (κ2) is 26.2.